The van der Waals surface area contributed by atoms with Gasteiger partial charge in [-0.2, -0.15) is 12.1 Å². The van der Waals surface area contributed by atoms with Crippen molar-refractivity contribution >= 4 is 42.7 Å². The smallest absolute Gasteiger partial charge is 0.0548 e. The number of aliphatic carboxylic acids is 4. The van der Waals surface area contributed by atoms with E-state index in [-0.39, 0.29) is 37.8 Å². The Kier molecular flexibility index (Phi) is 24.4. The van der Waals surface area contributed by atoms with Gasteiger partial charge in [0, 0.05) is 0 Å². The van der Waals surface area contributed by atoms with Crippen molar-refractivity contribution in [1.82, 2.24) is 0 Å². The van der Waals surface area contributed by atoms with Crippen molar-refractivity contribution in [2.75, 3.05) is 0 Å². The number of carbonyl (C=O) groups is 4. The SMILES string of the molecule is O=C(O)CCC(=O)O.O=C(O)CCC(=O)O.[Cl][Pt+2][Cl].[NH-]C1CCCCC1[NH-]. The molecule has 13 heteroatoms. The van der Waals surface area contributed by atoms with Gasteiger partial charge in [-0.15, -0.1) is 0 Å². The largest absolute Gasteiger partial charge is 0.676 e. The van der Waals surface area contributed by atoms with Crippen molar-refractivity contribution in [3.8, 4) is 0 Å². The third-order valence-corrected chi connectivity index (χ3v) is 2.87. The Bertz CT molecular complexity index is 377. The fourth-order valence-electron chi connectivity index (χ4n) is 1.56. The van der Waals surface area contributed by atoms with Gasteiger partial charge in [0.2, 0.25) is 0 Å². The Labute approximate surface area is 173 Å². The van der Waals surface area contributed by atoms with E-state index in [1.807, 2.05) is 0 Å². The summed E-state index contributed by atoms with van der Waals surface area (Å²) in [7, 11) is 9.75. The second kappa shape index (κ2) is 21.4. The predicted molar refractivity (Wildman–Crippen MR) is 95.4 cm³/mol. The van der Waals surface area contributed by atoms with Gasteiger partial charge in [-0.3, -0.25) is 19.2 Å². The summed E-state index contributed by atoms with van der Waals surface area (Å²) in [5.41, 5.74) is 14.6. The second-order valence-electron chi connectivity index (χ2n) is 5.12. The summed E-state index contributed by atoms with van der Waals surface area (Å²) in [4.78, 5) is 38.6. The van der Waals surface area contributed by atoms with Crippen LogP contribution in [0.4, 0.5) is 0 Å². The summed E-state index contributed by atoms with van der Waals surface area (Å²) in [5.74, 6) is -4.31. The van der Waals surface area contributed by atoms with Crippen LogP contribution < -0.4 is 0 Å². The van der Waals surface area contributed by atoms with E-state index in [0.717, 1.165) is 12.8 Å². The summed E-state index contributed by atoms with van der Waals surface area (Å²) in [6.07, 6.45) is 3.06. The van der Waals surface area contributed by atoms with Crippen molar-refractivity contribution < 1.29 is 56.1 Å². The first kappa shape index (κ1) is 30.8. The summed E-state index contributed by atoms with van der Waals surface area (Å²) in [6, 6.07) is -0.160. The van der Waals surface area contributed by atoms with Crippen LogP contribution in [0.1, 0.15) is 51.4 Å². The Morgan fingerprint density at radius 1 is 0.704 bits per heavy atom. The van der Waals surface area contributed by atoms with E-state index < -0.39 is 40.4 Å². The van der Waals surface area contributed by atoms with Crippen LogP contribution in [0.3, 0.4) is 0 Å². The average molecular weight is 614 g/mol. The van der Waals surface area contributed by atoms with E-state index in [1.165, 1.54) is 12.8 Å². The molecule has 0 spiro atoms. The van der Waals surface area contributed by atoms with E-state index in [4.69, 9.17) is 50.7 Å². The minimum Gasteiger partial charge on any atom is -0.676 e. The average Bonchev–Trinajstić information content (AvgIpc) is 2.56. The zero-order valence-corrected chi connectivity index (χ0v) is 18.1. The fourth-order valence-corrected chi connectivity index (χ4v) is 1.56. The van der Waals surface area contributed by atoms with Gasteiger partial charge in [0.1, 0.15) is 0 Å². The molecule has 1 aliphatic rings. The first-order valence-corrected chi connectivity index (χ1v) is 13.2. The van der Waals surface area contributed by atoms with E-state index in [2.05, 4.69) is 0 Å². The quantitative estimate of drug-likeness (QED) is 0.348. The molecule has 10 nitrogen and oxygen atoms in total. The van der Waals surface area contributed by atoms with Gasteiger partial charge in [-0.05, 0) is 0 Å². The number of rotatable bonds is 6. The molecule has 0 saturated heterocycles. The van der Waals surface area contributed by atoms with Gasteiger partial charge >= 0.3 is 59.2 Å². The monoisotopic (exact) mass is 613 g/mol. The van der Waals surface area contributed by atoms with Crippen molar-refractivity contribution in [2.24, 2.45) is 0 Å². The van der Waals surface area contributed by atoms with Gasteiger partial charge in [-0.1, -0.05) is 25.7 Å². The molecule has 27 heavy (non-hydrogen) atoms. The molecule has 2 atom stereocenters. The van der Waals surface area contributed by atoms with Gasteiger partial charge < -0.3 is 31.9 Å². The molecule has 0 radical (unpaired) electrons. The van der Waals surface area contributed by atoms with Crippen molar-refractivity contribution in [2.45, 2.75) is 63.5 Å². The minimum atomic E-state index is -1.08. The summed E-state index contributed by atoms with van der Waals surface area (Å²) < 4.78 is 0. The molecule has 0 aromatic heterocycles. The zero-order valence-electron chi connectivity index (χ0n) is 14.3. The van der Waals surface area contributed by atoms with E-state index in [9.17, 15) is 19.2 Å². The van der Waals surface area contributed by atoms with Crippen LogP contribution in [0.15, 0.2) is 0 Å². The predicted octanol–water partition coefficient (Wildman–Crippen LogP) is 3.65. The van der Waals surface area contributed by atoms with Gasteiger partial charge in [0.05, 0.1) is 25.7 Å². The number of carboxylic acids is 4. The van der Waals surface area contributed by atoms with Crippen molar-refractivity contribution in [1.29, 1.82) is 0 Å². The molecule has 0 amide bonds. The number of carboxylic acid groups (broad SMARTS) is 4. The molecule has 0 aromatic rings. The molecular weight excluding hydrogens is 590 g/mol. The molecule has 0 aliphatic heterocycles. The summed E-state index contributed by atoms with van der Waals surface area (Å²) in [6.45, 7) is 0. The molecule has 1 rings (SSSR count). The Hall–Kier alpha value is -0.932. The molecule has 1 fully saturated rings. The fraction of sp³-hybridized carbons (Fsp3) is 0.714. The molecule has 6 N–H and O–H groups in total. The Balaban J connectivity index is -0.000000298. The standard InChI is InChI=1S/C6H12N2.2C4H6O4.2ClH.Pt/c7-5-3-1-2-4-6(5)8;2*5-3(6)1-2-4(7)8;;;/h5-8H,1-4H2;2*1-2H2,(H,5,6)(H,7,8);2*1H;/q-2;;;;;+4/p-2. The van der Waals surface area contributed by atoms with Crippen molar-refractivity contribution in [3.63, 3.8) is 0 Å². The molecule has 0 heterocycles. The maximum Gasteiger partial charge on any atom is -0.0548 e. The Morgan fingerprint density at radius 2 is 0.889 bits per heavy atom. The van der Waals surface area contributed by atoms with E-state index in [1.54, 1.807) is 0 Å². The van der Waals surface area contributed by atoms with Gasteiger partial charge in [0.15, 0.2) is 0 Å². The van der Waals surface area contributed by atoms with Crippen LogP contribution in [-0.2, 0) is 35.7 Å². The molecule has 2 unspecified atom stereocenters. The third kappa shape index (κ3) is 33.1. The molecule has 162 valence electrons. The summed E-state index contributed by atoms with van der Waals surface area (Å²) in [5, 5.41) is 31.6. The molecule has 1 aliphatic carbocycles. The van der Waals surface area contributed by atoms with E-state index in [0.29, 0.717) is 0 Å². The topological polar surface area (TPSA) is 197 Å². The number of hydrogen-bond acceptors (Lipinski definition) is 4. The first-order valence-electron chi connectivity index (χ1n) is 7.59. The van der Waals surface area contributed by atoms with Crippen LogP contribution >= 0.6 is 18.8 Å². The van der Waals surface area contributed by atoms with Crippen LogP contribution in [0.5, 0.6) is 0 Å². The second-order valence-corrected chi connectivity index (χ2v) is 8.40. The van der Waals surface area contributed by atoms with E-state index >= 15 is 0 Å². The van der Waals surface area contributed by atoms with Crippen LogP contribution in [-0.4, -0.2) is 56.4 Å². The van der Waals surface area contributed by atoms with Crippen LogP contribution in [0.25, 0.3) is 11.5 Å². The van der Waals surface area contributed by atoms with Crippen LogP contribution in [0, 0.1) is 0 Å². The normalized spacial score (nSPS) is 17.6. The first-order chi connectivity index (χ1) is 12.5. The maximum atomic E-state index is 9.64. The molecular formula is C14H24Cl2N2O8Pt. The number of halogens is 2. The van der Waals surface area contributed by atoms with Gasteiger partial charge in [-0.25, -0.2) is 0 Å². The Morgan fingerprint density at radius 3 is 1.00 bits per heavy atom. The minimum absolute atomic E-state index is 0.0799. The maximum absolute atomic E-state index is 9.64. The zero-order chi connectivity index (χ0) is 21.8. The van der Waals surface area contributed by atoms with Crippen molar-refractivity contribution in [3.05, 3.63) is 11.5 Å². The van der Waals surface area contributed by atoms with Gasteiger partial charge in [0.25, 0.3) is 0 Å². The third-order valence-electron chi connectivity index (χ3n) is 2.87. The number of hydrogen-bond donors (Lipinski definition) is 4. The summed E-state index contributed by atoms with van der Waals surface area (Å²) >= 11 is -0.472. The molecule has 1 saturated carbocycles. The molecule has 0 aromatic carbocycles. The van der Waals surface area contributed by atoms with Crippen LogP contribution in [0.2, 0.25) is 0 Å². The molecule has 0 bridgehead atoms. The number of nitrogens with one attached hydrogen (secondary N) is 2.